The minimum absolute atomic E-state index is 0.0308. The molecule has 0 saturated heterocycles. The van der Waals surface area contributed by atoms with Crippen molar-refractivity contribution in [2.24, 2.45) is 0 Å². The van der Waals surface area contributed by atoms with Crippen molar-refractivity contribution in [2.75, 3.05) is 53.1 Å². The Balaban J connectivity index is 0. The van der Waals surface area contributed by atoms with Crippen molar-refractivity contribution >= 4 is 17.6 Å². The van der Waals surface area contributed by atoms with Crippen LogP contribution in [0.4, 0.5) is 5.82 Å². The normalized spacial score (nSPS) is 9.38. The molecule has 0 aliphatic rings. The van der Waals surface area contributed by atoms with Crippen molar-refractivity contribution in [3.05, 3.63) is 42.9 Å². The number of carbonyl (C=O) groups is 2. The molecule has 1 heterocycles. The minimum atomic E-state index is -0.191. The summed E-state index contributed by atoms with van der Waals surface area (Å²) in [7, 11) is 7.24. The Bertz CT molecular complexity index is 806. The van der Waals surface area contributed by atoms with E-state index in [0.717, 1.165) is 12.0 Å². The Morgan fingerprint density at radius 2 is 1.91 bits per heavy atom. The number of likely N-dealkylation sites (N-methyl/N-ethyl adjacent to an activating group) is 2. The van der Waals surface area contributed by atoms with E-state index in [0.29, 0.717) is 31.2 Å². The summed E-state index contributed by atoms with van der Waals surface area (Å²) in [6, 6.07) is 0. The van der Waals surface area contributed by atoms with Gasteiger partial charge in [0.1, 0.15) is 11.6 Å². The molecule has 0 aromatic carbocycles. The highest BCUT2D eigenvalue weighted by Gasteiger charge is 2.09. The van der Waals surface area contributed by atoms with Gasteiger partial charge in [0.15, 0.2) is 0 Å². The van der Waals surface area contributed by atoms with Crippen LogP contribution >= 0.6 is 0 Å². The standard InChI is InChI=1S/C20H30N6O2.C2H4.C2H2/c1-16-23-14-17(20(21-2)24-16)10-7-6-8-12-22-18(27)15-26(5)19(28)11-9-13-25(3)4;2*1-2/h9,11,14H,6,8,12-13,15H2,1-5H3,(H,22,27)(H,21,23,24);1-2H2;1-2H/b11-9+;;. The summed E-state index contributed by atoms with van der Waals surface area (Å²) in [6.07, 6.45) is 14.3. The van der Waals surface area contributed by atoms with E-state index in [-0.39, 0.29) is 18.4 Å². The second-order valence-corrected chi connectivity index (χ2v) is 6.54. The number of amides is 2. The molecule has 0 fully saturated rings. The molecule has 0 saturated carbocycles. The second kappa shape index (κ2) is 19.3. The predicted molar refractivity (Wildman–Crippen MR) is 132 cm³/mol. The van der Waals surface area contributed by atoms with Gasteiger partial charge in [0.2, 0.25) is 11.8 Å². The van der Waals surface area contributed by atoms with Gasteiger partial charge in [-0.2, -0.15) is 0 Å². The van der Waals surface area contributed by atoms with E-state index in [4.69, 9.17) is 0 Å². The molecule has 32 heavy (non-hydrogen) atoms. The van der Waals surface area contributed by atoms with Gasteiger partial charge in [0.25, 0.3) is 0 Å². The fraction of sp³-hybridized carbons (Fsp3) is 0.417. The fourth-order valence-electron chi connectivity index (χ4n) is 2.16. The van der Waals surface area contributed by atoms with Gasteiger partial charge in [-0.15, -0.1) is 26.0 Å². The number of terminal acetylenes is 1. The Labute approximate surface area is 193 Å². The predicted octanol–water partition coefficient (Wildman–Crippen LogP) is 1.70. The maximum atomic E-state index is 11.9. The number of aromatic nitrogens is 2. The smallest absolute Gasteiger partial charge is 0.246 e. The second-order valence-electron chi connectivity index (χ2n) is 6.54. The third-order valence-electron chi connectivity index (χ3n) is 3.66. The lowest BCUT2D eigenvalue weighted by Gasteiger charge is -2.14. The molecule has 0 radical (unpaired) electrons. The van der Waals surface area contributed by atoms with Crippen molar-refractivity contribution in [2.45, 2.75) is 19.8 Å². The van der Waals surface area contributed by atoms with Gasteiger partial charge in [-0.1, -0.05) is 17.9 Å². The summed E-state index contributed by atoms with van der Waals surface area (Å²) in [5.74, 6) is 7.12. The van der Waals surface area contributed by atoms with Crippen LogP contribution in [0.2, 0.25) is 0 Å². The summed E-state index contributed by atoms with van der Waals surface area (Å²) < 4.78 is 0. The summed E-state index contributed by atoms with van der Waals surface area (Å²) in [5, 5.41) is 5.80. The number of hydrogen-bond acceptors (Lipinski definition) is 6. The number of nitrogens with one attached hydrogen (secondary N) is 2. The zero-order chi connectivity index (χ0) is 24.9. The number of anilines is 1. The molecule has 0 spiro atoms. The van der Waals surface area contributed by atoms with E-state index >= 15 is 0 Å². The van der Waals surface area contributed by atoms with Gasteiger partial charge in [-0.3, -0.25) is 9.59 Å². The average molecular weight is 441 g/mol. The van der Waals surface area contributed by atoms with Gasteiger partial charge < -0.3 is 20.4 Å². The summed E-state index contributed by atoms with van der Waals surface area (Å²) in [5.41, 5.74) is 0.750. The van der Waals surface area contributed by atoms with Crippen molar-refractivity contribution in [1.29, 1.82) is 0 Å². The third-order valence-corrected chi connectivity index (χ3v) is 3.66. The van der Waals surface area contributed by atoms with Gasteiger partial charge in [0.05, 0.1) is 12.1 Å². The molecule has 174 valence electrons. The first-order chi connectivity index (χ1) is 15.3. The molecule has 0 unspecified atom stereocenters. The number of nitrogens with zero attached hydrogens (tertiary/aromatic N) is 4. The van der Waals surface area contributed by atoms with Crippen LogP contribution in [0, 0.1) is 31.6 Å². The first kappa shape index (κ1) is 30.6. The quantitative estimate of drug-likeness (QED) is 0.263. The molecular formula is C24H36N6O2. The zero-order valence-corrected chi connectivity index (χ0v) is 19.9. The largest absolute Gasteiger partial charge is 0.372 e. The van der Waals surface area contributed by atoms with E-state index in [2.05, 4.69) is 58.4 Å². The molecule has 1 aromatic heterocycles. The van der Waals surface area contributed by atoms with Crippen LogP contribution in [-0.4, -0.2) is 79.4 Å². The lowest BCUT2D eigenvalue weighted by atomic mass is 10.2. The van der Waals surface area contributed by atoms with E-state index < -0.39 is 0 Å². The van der Waals surface area contributed by atoms with Crippen LogP contribution < -0.4 is 10.6 Å². The number of unbranched alkanes of at least 4 members (excludes halogenated alkanes) is 1. The van der Waals surface area contributed by atoms with Crippen LogP contribution in [0.1, 0.15) is 24.2 Å². The van der Waals surface area contributed by atoms with E-state index in [9.17, 15) is 9.59 Å². The lowest BCUT2D eigenvalue weighted by Crippen LogP contribution is -2.38. The van der Waals surface area contributed by atoms with E-state index in [1.165, 1.54) is 11.0 Å². The van der Waals surface area contributed by atoms with Crippen LogP contribution in [0.15, 0.2) is 31.5 Å². The Hall–Kier alpha value is -3.62. The van der Waals surface area contributed by atoms with Crippen LogP contribution in [0.25, 0.3) is 0 Å². The Morgan fingerprint density at radius 1 is 1.25 bits per heavy atom. The van der Waals surface area contributed by atoms with Crippen molar-refractivity contribution < 1.29 is 9.59 Å². The van der Waals surface area contributed by atoms with Crippen molar-refractivity contribution in [3.63, 3.8) is 0 Å². The maximum Gasteiger partial charge on any atom is 0.246 e. The molecule has 0 aliphatic carbocycles. The molecule has 0 atom stereocenters. The highest BCUT2D eigenvalue weighted by molar-refractivity contribution is 5.91. The minimum Gasteiger partial charge on any atom is -0.372 e. The lowest BCUT2D eigenvalue weighted by molar-refractivity contribution is -0.131. The van der Waals surface area contributed by atoms with Crippen LogP contribution in [0.5, 0.6) is 0 Å². The summed E-state index contributed by atoms with van der Waals surface area (Å²) in [4.78, 5) is 35.6. The molecule has 8 nitrogen and oxygen atoms in total. The third kappa shape index (κ3) is 14.4. The SMILES string of the molecule is C#C.C=C.CNc1nc(C)ncc1C#CCCCNC(=O)CN(C)C(=O)/C=C/CN(C)C. The molecule has 1 rings (SSSR count). The Morgan fingerprint density at radius 3 is 2.50 bits per heavy atom. The molecule has 0 bridgehead atoms. The van der Waals surface area contributed by atoms with Crippen molar-refractivity contribution in [1.82, 2.24) is 25.1 Å². The molecule has 8 heteroatoms. The number of carbonyl (C=O) groups excluding carboxylic acids is 2. The Kier molecular flexibility index (Phi) is 18.5. The highest BCUT2D eigenvalue weighted by Crippen LogP contribution is 2.08. The number of hydrogen-bond donors (Lipinski definition) is 2. The van der Waals surface area contributed by atoms with E-state index in [1.807, 2.05) is 25.9 Å². The molecule has 2 N–H and O–H groups in total. The van der Waals surface area contributed by atoms with Gasteiger partial charge in [-0.05, 0) is 27.4 Å². The van der Waals surface area contributed by atoms with Gasteiger partial charge >= 0.3 is 0 Å². The molecular weight excluding hydrogens is 404 g/mol. The summed E-state index contributed by atoms with van der Waals surface area (Å²) >= 11 is 0. The number of aryl methyl sites for hydroxylation is 1. The molecule has 1 aromatic rings. The zero-order valence-electron chi connectivity index (χ0n) is 19.9. The number of rotatable bonds is 9. The fourth-order valence-corrected chi connectivity index (χ4v) is 2.16. The molecule has 0 aliphatic heterocycles. The first-order valence-electron chi connectivity index (χ1n) is 10.00. The average Bonchev–Trinajstić information content (AvgIpc) is 2.79. The monoisotopic (exact) mass is 440 g/mol. The van der Waals surface area contributed by atoms with E-state index in [1.54, 1.807) is 26.4 Å². The maximum absolute atomic E-state index is 11.9. The highest BCUT2D eigenvalue weighted by atomic mass is 16.2. The summed E-state index contributed by atoms with van der Waals surface area (Å²) in [6.45, 7) is 9.04. The van der Waals surface area contributed by atoms with Crippen LogP contribution in [-0.2, 0) is 9.59 Å². The van der Waals surface area contributed by atoms with Gasteiger partial charge in [-0.25, -0.2) is 9.97 Å². The first-order valence-corrected chi connectivity index (χ1v) is 10.00. The molecule has 2 amide bonds. The topological polar surface area (TPSA) is 90.5 Å². The van der Waals surface area contributed by atoms with Crippen LogP contribution in [0.3, 0.4) is 0 Å². The van der Waals surface area contributed by atoms with Gasteiger partial charge in [0, 0.05) is 45.9 Å². The van der Waals surface area contributed by atoms with Crippen molar-refractivity contribution in [3.8, 4) is 24.7 Å².